The van der Waals surface area contributed by atoms with Gasteiger partial charge in [0.25, 0.3) is 0 Å². The molecule has 28 heavy (non-hydrogen) atoms. The van der Waals surface area contributed by atoms with E-state index in [1.54, 1.807) is 65.0 Å². The van der Waals surface area contributed by atoms with Crippen LogP contribution in [0.25, 0.3) is 11.1 Å². The number of benzene rings is 2. The van der Waals surface area contributed by atoms with Crippen molar-refractivity contribution in [2.45, 2.75) is 40.5 Å². The van der Waals surface area contributed by atoms with Crippen LogP contribution in [-0.2, 0) is 14.4 Å². The zero-order valence-corrected chi connectivity index (χ0v) is 17.3. The number of ketones is 3. The Morgan fingerprint density at radius 3 is 2.00 bits per heavy atom. The Bertz CT molecular complexity index is 991. The molecule has 2 aromatic rings. The minimum Gasteiger partial charge on any atom is -0.298 e. The topological polar surface area (TPSA) is 51.2 Å². The lowest BCUT2D eigenvalue weighted by molar-refractivity contribution is -0.157. The molecule has 1 aliphatic carbocycles. The third kappa shape index (κ3) is 3.00. The van der Waals surface area contributed by atoms with Gasteiger partial charge in [0.15, 0.2) is 17.3 Å². The van der Waals surface area contributed by atoms with Crippen LogP contribution >= 0.6 is 11.6 Å². The molecule has 0 spiro atoms. The fourth-order valence-electron chi connectivity index (χ4n) is 3.97. The average molecular weight is 401 g/mol. The van der Waals surface area contributed by atoms with Gasteiger partial charge in [0, 0.05) is 10.6 Å². The van der Waals surface area contributed by atoms with Gasteiger partial charge in [0.1, 0.15) is 11.7 Å². The first kappa shape index (κ1) is 20.4. The van der Waals surface area contributed by atoms with Crippen molar-refractivity contribution in [1.29, 1.82) is 0 Å². The van der Waals surface area contributed by atoms with Crippen molar-refractivity contribution in [3.8, 4) is 11.1 Å². The maximum absolute atomic E-state index is 14.4. The molecule has 3 rings (SSSR count). The number of aryl methyl sites for hydroxylation is 1. The Morgan fingerprint density at radius 2 is 1.46 bits per heavy atom. The summed E-state index contributed by atoms with van der Waals surface area (Å²) in [5.74, 6) is -2.75. The highest BCUT2D eigenvalue weighted by Crippen LogP contribution is 2.45. The van der Waals surface area contributed by atoms with Crippen LogP contribution in [0.2, 0.25) is 5.02 Å². The molecule has 146 valence electrons. The predicted octanol–water partition coefficient (Wildman–Crippen LogP) is 5.31. The fraction of sp³-hybridized carbons (Fsp3) is 0.348. The van der Waals surface area contributed by atoms with Crippen molar-refractivity contribution >= 4 is 29.0 Å². The molecule has 1 aliphatic rings. The van der Waals surface area contributed by atoms with Crippen LogP contribution in [-0.4, -0.2) is 17.3 Å². The molecule has 0 atom stereocenters. The van der Waals surface area contributed by atoms with Gasteiger partial charge in [-0.15, -0.1) is 0 Å². The summed E-state index contributed by atoms with van der Waals surface area (Å²) < 4.78 is 14.4. The molecule has 0 aliphatic heterocycles. The lowest BCUT2D eigenvalue weighted by atomic mass is 9.57. The molecule has 0 heterocycles. The average Bonchev–Trinajstić information content (AvgIpc) is 2.61. The molecule has 5 heteroatoms. The van der Waals surface area contributed by atoms with Gasteiger partial charge in [-0.05, 0) is 75.6 Å². The highest BCUT2D eigenvalue weighted by molar-refractivity contribution is 6.31. The molecule has 3 nitrogen and oxygen atoms in total. The molecule has 0 N–H and O–H groups in total. The highest BCUT2D eigenvalue weighted by atomic mass is 35.5. The third-order valence-electron chi connectivity index (χ3n) is 5.72. The molecule has 0 bridgehead atoms. The van der Waals surface area contributed by atoms with E-state index < -0.39 is 34.1 Å². The summed E-state index contributed by atoms with van der Waals surface area (Å²) in [6.45, 7) is 8.07. The van der Waals surface area contributed by atoms with Gasteiger partial charge in [-0.3, -0.25) is 14.4 Å². The Morgan fingerprint density at radius 1 is 0.893 bits per heavy atom. The second-order valence-corrected chi connectivity index (χ2v) is 8.87. The minimum atomic E-state index is -1.27. The van der Waals surface area contributed by atoms with Crippen molar-refractivity contribution in [2.75, 3.05) is 0 Å². The first-order valence-corrected chi connectivity index (χ1v) is 9.46. The van der Waals surface area contributed by atoms with E-state index in [0.29, 0.717) is 16.7 Å². The number of hydrogen-bond acceptors (Lipinski definition) is 3. The van der Waals surface area contributed by atoms with Crippen molar-refractivity contribution < 1.29 is 18.8 Å². The molecule has 1 saturated carbocycles. The number of hydrogen-bond donors (Lipinski definition) is 0. The first-order valence-electron chi connectivity index (χ1n) is 9.08. The van der Waals surface area contributed by atoms with Crippen LogP contribution in [0.1, 0.15) is 44.7 Å². The zero-order chi connectivity index (χ0) is 21.0. The van der Waals surface area contributed by atoms with Gasteiger partial charge >= 0.3 is 0 Å². The second kappa shape index (κ2) is 6.63. The van der Waals surface area contributed by atoms with E-state index in [4.69, 9.17) is 11.6 Å². The SMILES string of the molecule is Cc1ccc(-c2ccc(Cl)cc2F)cc1C1C(=O)C(C)(C)C(=O)C(C)(C)C1=O. The third-order valence-corrected chi connectivity index (χ3v) is 5.96. The molecular weight excluding hydrogens is 379 g/mol. The summed E-state index contributed by atoms with van der Waals surface area (Å²) in [4.78, 5) is 39.0. The Kier molecular flexibility index (Phi) is 4.83. The van der Waals surface area contributed by atoms with Gasteiger partial charge < -0.3 is 0 Å². The molecular formula is C23H22ClFO3. The summed E-state index contributed by atoms with van der Waals surface area (Å²) in [5, 5.41) is 0.285. The maximum atomic E-state index is 14.4. The zero-order valence-electron chi connectivity index (χ0n) is 16.5. The Balaban J connectivity index is 2.19. The van der Waals surface area contributed by atoms with Gasteiger partial charge in [0.2, 0.25) is 0 Å². The molecule has 0 aromatic heterocycles. The molecule has 0 saturated heterocycles. The quantitative estimate of drug-likeness (QED) is 0.642. The van der Waals surface area contributed by atoms with E-state index in [9.17, 15) is 18.8 Å². The summed E-state index contributed by atoms with van der Waals surface area (Å²) in [6, 6.07) is 9.54. The van der Waals surface area contributed by atoms with Gasteiger partial charge in [-0.1, -0.05) is 23.7 Å². The highest BCUT2D eigenvalue weighted by Gasteiger charge is 2.58. The summed E-state index contributed by atoms with van der Waals surface area (Å²) >= 11 is 5.84. The number of halogens is 2. The van der Waals surface area contributed by atoms with Crippen molar-refractivity contribution in [3.63, 3.8) is 0 Å². The van der Waals surface area contributed by atoms with Gasteiger partial charge in [-0.25, -0.2) is 4.39 Å². The van der Waals surface area contributed by atoms with Crippen LogP contribution in [0.4, 0.5) is 4.39 Å². The standard InChI is InChI=1S/C23H22ClFO3/c1-12-6-7-13(15-9-8-14(24)11-17(15)25)10-16(12)18-19(26)22(2,3)21(28)23(4,5)20(18)27/h6-11,18H,1-5H3. The number of carbonyl (C=O) groups is 3. The Labute approximate surface area is 168 Å². The minimum absolute atomic E-state index is 0.285. The lowest BCUT2D eigenvalue weighted by Crippen LogP contribution is -2.56. The maximum Gasteiger partial charge on any atom is 0.160 e. The fourth-order valence-corrected chi connectivity index (χ4v) is 4.13. The lowest BCUT2D eigenvalue weighted by Gasteiger charge is -2.41. The van der Waals surface area contributed by atoms with Crippen LogP contribution < -0.4 is 0 Å². The monoisotopic (exact) mass is 400 g/mol. The predicted molar refractivity (Wildman–Crippen MR) is 107 cm³/mol. The van der Waals surface area contributed by atoms with Crippen LogP contribution in [0.3, 0.4) is 0 Å². The van der Waals surface area contributed by atoms with Crippen molar-refractivity contribution in [3.05, 3.63) is 58.4 Å². The molecule has 0 amide bonds. The molecule has 0 unspecified atom stereocenters. The number of rotatable bonds is 2. The van der Waals surface area contributed by atoms with Crippen molar-refractivity contribution in [1.82, 2.24) is 0 Å². The van der Waals surface area contributed by atoms with Crippen LogP contribution in [0, 0.1) is 23.6 Å². The van der Waals surface area contributed by atoms with E-state index >= 15 is 0 Å². The summed E-state index contributed by atoms with van der Waals surface area (Å²) in [6.07, 6.45) is 0. The second-order valence-electron chi connectivity index (χ2n) is 8.44. The van der Waals surface area contributed by atoms with Gasteiger partial charge in [-0.2, -0.15) is 0 Å². The number of carbonyl (C=O) groups excluding carboxylic acids is 3. The summed E-state index contributed by atoms with van der Waals surface area (Å²) in [7, 11) is 0. The first-order chi connectivity index (χ1) is 12.9. The number of Topliss-reactive ketones (excluding diaryl/α,β-unsaturated/α-hetero) is 3. The normalized spacial score (nSPS) is 19.2. The smallest absolute Gasteiger partial charge is 0.160 e. The molecule has 2 aromatic carbocycles. The van der Waals surface area contributed by atoms with Crippen molar-refractivity contribution in [2.24, 2.45) is 10.8 Å². The van der Waals surface area contributed by atoms with E-state index in [2.05, 4.69) is 0 Å². The van der Waals surface area contributed by atoms with Crippen LogP contribution in [0.15, 0.2) is 36.4 Å². The molecule has 1 fully saturated rings. The van der Waals surface area contributed by atoms with E-state index in [0.717, 1.165) is 5.56 Å². The Hall–Kier alpha value is -2.33. The summed E-state index contributed by atoms with van der Waals surface area (Å²) in [5.41, 5.74) is -0.411. The van der Waals surface area contributed by atoms with E-state index in [1.807, 2.05) is 0 Å². The van der Waals surface area contributed by atoms with Gasteiger partial charge in [0.05, 0.1) is 10.8 Å². The van der Waals surface area contributed by atoms with E-state index in [1.165, 1.54) is 6.07 Å². The molecule has 0 radical (unpaired) electrons. The van der Waals surface area contributed by atoms with Crippen LogP contribution in [0.5, 0.6) is 0 Å². The van der Waals surface area contributed by atoms with E-state index in [-0.39, 0.29) is 10.8 Å². The largest absolute Gasteiger partial charge is 0.298 e.